The van der Waals surface area contributed by atoms with E-state index in [4.69, 9.17) is 16.3 Å². The average Bonchev–Trinajstić information content (AvgIpc) is 2.82. The van der Waals surface area contributed by atoms with Crippen LogP contribution in [0.25, 0.3) is 0 Å². The summed E-state index contributed by atoms with van der Waals surface area (Å²) in [6.07, 6.45) is 0.302. The van der Waals surface area contributed by atoms with Gasteiger partial charge in [-0.05, 0) is 29.3 Å². The monoisotopic (exact) mass is 454 g/mol. The van der Waals surface area contributed by atoms with Gasteiger partial charge in [0.25, 0.3) is 5.91 Å². The molecule has 3 rings (SSSR count). The van der Waals surface area contributed by atoms with Gasteiger partial charge in [0.1, 0.15) is 6.04 Å². The molecule has 1 atom stereocenters. The second-order valence-electron chi connectivity index (χ2n) is 7.15. The fraction of sp³-hybridized carbons (Fsp3) is 0.200. The van der Waals surface area contributed by atoms with Crippen molar-refractivity contribution in [3.63, 3.8) is 0 Å². The van der Waals surface area contributed by atoms with Crippen LogP contribution in [0.1, 0.15) is 11.1 Å². The maximum absolute atomic E-state index is 13.9. The van der Waals surface area contributed by atoms with Crippen LogP contribution in [0.15, 0.2) is 78.9 Å². The Morgan fingerprint density at radius 1 is 1.00 bits per heavy atom. The van der Waals surface area contributed by atoms with Gasteiger partial charge in [0.15, 0.2) is 18.2 Å². The van der Waals surface area contributed by atoms with E-state index < -0.39 is 24.4 Å². The van der Waals surface area contributed by atoms with Gasteiger partial charge in [0.2, 0.25) is 5.91 Å². The predicted molar refractivity (Wildman–Crippen MR) is 122 cm³/mol. The van der Waals surface area contributed by atoms with Crippen molar-refractivity contribution in [1.82, 2.24) is 10.2 Å². The lowest BCUT2D eigenvalue weighted by Gasteiger charge is -2.31. The fourth-order valence-corrected chi connectivity index (χ4v) is 3.51. The highest BCUT2D eigenvalue weighted by Crippen LogP contribution is 2.21. The number of nitrogens with zero attached hydrogens (tertiary/aromatic N) is 1. The smallest absolute Gasteiger partial charge is 0.261 e. The third-order valence-electron chi connectivity index (χ3n) is 5.00. The molecule has 0 bridgehead atoms. The molecule has 0 radical (unpaired) electrons. The van der Waals surface area contributed by atoms with E-state index in [0.29, 0.717) is 17.0 Å². The second kappa shape index (κ2) is 11.3. The van der Waals surface area contributed by atoms with Crippen LogP contribution in [0.4, 0.5) is 4.39 Å². The van der Waals surface area contributed by atoms with Gasteiger partial charge in [-0.1, -0.05) is 72.3 Å². The molecule has 0 saturated heterocycles. The first-order chi connectivity index (χ1) is 15.5. The second-order valence-corrected chi connectivity index (χ2v) is 7.56. The molecule has 0 saturated carbocycles. The minimum absolute atomic E-state index is 0.0295. The molecule has 2 amide bonds. The maximum Gasteiger partial charge on any atom is 0.261 e. The van der Waals surface area contributed by atoms with E-state index in [-0.39, 0.29) is 18.2 Å². The lowest BCUT2D eigenvalue weighted by Crippen LogP contribution is -2.51. The third kappa shape index (κ3) is 6.08. The first kappa shape index (κ1) is 23.3. The highest BCUT2D eigenvalue weighted by Gasteiger charge is 2.30. The van der Waals surface area contributed by atoms with Crippen LogP contribution in [0.2, 0.25) is 5.02 Å². The Morgan fingerprint density at radius 2 is 1.66 bits per heavy atom. The number of amides is 2. The van der Waals surface area contributed by atoms with Crippen molar-refractivity contribution in [3.8, 4) is 5.75 Å². The summed E-state index contributed by atoms with van der Waals surface area (Å²) in [6, 6.07) is 21.6. The number of rotatable bonds is 9. The average molecular weight is 455 g/mol. The molecular weight excluding hydrogens is 431 g/mol. The summed E-state index contributed by atoms with van der Waals surface area (Å²) in [5.74, 6) is -1.37. The maximum atomic E-state index is 13.9. The van der Waals surface area contributed by atoms with E-state index in [2.05, 4.69) is 5.32 Å². The van der Waals surface area contributed by atoms with Crippen molar-refractivity contribution in [2.24, 2.45) is 0 Å². The number of benzene rings is 3. The molecule has 5 nitrogen and oxygen atoms in total. The van der Waals surface area contributed by atoms with Gasteiger partial charge in [-0.15, -0.1) is 0 Å². The number of hydrogen-bond donors (Lipinski definition) is 1. The summed E-state index contributed by atoms with van der Waals surface area (Å²) in [6.45, 7) is -0.322. The molecule has 0 unspecified atom stereocenters. The highest BCUT2D eigenvalue weighted by atomic mass is 35.5. The van der Waals surface area contributed by atoms with Crippen molar-refractivity contribution in [2.45, 2.75) is 19.0 Å². The van der Waals surface area contributed by atoms with Gasteiger partial charge in [-0.3, -0.25) is 9.59 Å². The number of para-hydroxylation sites is 1. The van der Waals surface area contributed by atoms with Crippen LogP contribution >= 0.6 is 11.6 Å². The molecule has 0 fully saturated rings. The zero-order chi connectivity index (χ0) is 22.9. The van der Waals surface area contributed by atoms with Crippen molar-refractivity contribution >= 4 is 23.4 Å². The molecule has 0 aliphatic rings. The van der Waals surface area contributed by atoms with E-state index in [1.807, 2.05) is 36.4 Å². The van der Waals surface area contributed by atoms with Crippen LogP contribution in [0.3, 0.4) is 0 Å². The quantitative estimate of drug-likeness (QED) is 0.526. The lowest BCUT2D eigenvalue weighted by atomic mass is 10.0. The summed E-state index contributed by atoms with van der Waals surface area (Å²) in [5.41, 5.74) is 1.59. The topological polar surface area (TPSA) is 58.6 Å². The summed E-state index contributed by atoms with van der Waals surface area (Å²) in [5, 5.41) is 3.12. The predicted octanol–water partition coefficient (Wildman–Crippen LogP) is 4.24. The normalized spacial score (nSPS) is 11.5. The first-order valence-electron chi connectivity index (χ1n) is 10.2. The molecule has 0 spiro atoms. The molecule has 7 heteroatoms. The molecule has 166 valence electrons. The molecule has 0 aromatic heterocycles. The number of ether oxygens (including phenoxy) is 1. The van der Waals surface area contributed by atoms with Gasteiger partial charge in [-0.25, -0.2) is 4.39 Å². The Labute approximate surface area is 191 Å². The molecular formula is C25H24ClFN2O3. The number of likely N-dealkylation sites (N-methyl/N-ethyl adjacent to an activating group) is 1. The first-order valence-corrected chi connectivity index (χ1v) is 10.5. The molecule has 1 N–H and O–H groups in total. The van der Waals surface area contributed by atoms with Crippen LogP contribution in [0.5, 0.6) is 5.75 Å². The zero-order valence-corrected chi connectivity index (χ0v) is 18.4. The van der Waals surface area contributed by atoms with Crippen molar-refractivity contribution in [3.05, 3.63) is 101 Å². The minimum atomic E-state index is -0.810. The van der Waals surface area contributed by atoms with E-state index in [1.54, 1.807) is 24.3 Å². The summed E-state index contributed by atoms with van der Waals surface area (Å²) >= 11 is 6.33. The summed E-state index contributed by atoms with van der Waals surface area (Å²) in [7, 11) is 1.52. The number of hydrogen-bond acceptors (Lipinski definition) is 3. The molecule has 3 aromatic carbocycles. The van der Waals surface area contributed by atoms with E-state index >= 15 is 0 Å². The van der Waals surface area contributed by atoms with Crippen molar-refractivity contribution in [1.29, 1.82) is 0 Å². The third-order valence-corrected chi connectivity index (χ3v) is 5.37. The Bertz CT molecular complexity index is 1060. The Balaban J connectivity index is 1.89. The van der Waals surface area contributed by atoms with Crippen LogP contribution < -0.4 is 10.1 Å². The zero-order valence-electron chi connectivity index (χ0n) is 17.6. The Kier molecular flexibility index (Phi) is 8.22. The van der Waals surface area contributed by atoms with Gasteiger partial charge < -0.3 is 15.0 Å². The summed E-state index contributed by atoms with van der Waals surface area (Å²) < 4.78 is 19.4. The van der Waals surface area contributed by atoms with Crippen molar-refractivity contribution in [2.75, 3.05) is 13.7 Å². The van der Waals surface area contributed by atoms with E-state index in [9.17, 15) is 14.0 Å². The lowest BCUT2D eigenvalue weighted by molar-refractivity contribution is -0.142. The van der Waals surface area contributed by atoms with Gasteiger partial charge in [0, 0.05) is 25.0 Å². The molecule has 0 aliphatic heterocycles. The number of halogens is 2. The number of carbonyl (C=O) groups excluding carboxylic acids is 2. The van der Waals surface area contributed by atoms with Gasteiger partial charge in [-0.2, -0.15) is 0 Å². The largest absolute Gasteiger partial charge is 0.481 e. The Hall–Kier alpha value is -3.38. The van der Waals surface area contributed by atoms with Crippen LogP contribution in [-0.4, -0.2) is 36.4 Å². The molecule has 0 aliphatic carbocycles. The number of nitrogens with one attached hydrogen (secondary N) is 1. The number of carbonyl (C=O) groups is 2. The van der Waals surface area contributed by atoms with Gasteiger partial charge in [0.05, 0.1) is 0 Å². The minimum Gasteiger partial charge on any atom is -0.481 e. The molecule has 0 heterocycles. The van der Waals surface area contributed by atoms with E-state index in [1.165, 1.54) is 30.1 Å². The highest BCUT2D eigenvalue weighted by molar-refractivity contribution is 6.31. The fourth-order valence-electron chi connectivity index (χ4n) is 3.31. The van der Waals surface area contributed by atoms with Gasteiger partial charge >= 0.3 is 0 Å². The molecule has 32 heavy (non-hydrogen) atoms. The Morgan fingerprint density at radius 3 is 2.34 bits per heavy atom. The standard InChI is InChI=1S/C25H24ClFN2O3/c1-28-25(31)22(15-18-9-3-2-4-10-18)29(16-19-11-5-6-12-20(19)26)24(30)17-32-23-14-8-7-13-21(23)27/h2-14,22H,15-17H2,1H3,(H,28,31)/t22-/m0/s1. The summed E-state index contributed by atoms with van der Waals surface area (Å²) in [4.78, 5) is 27.5. The van der Waals surface area contributed by atoms with Crippen LogP contribution in [0, 0.1) is 5.82 Å². The molecule has 3 aromatic rings. The van der Waals surface area contributed by atoms with Crippen molar-refractivity contribution < 1.29 is 18.7 Å². The van der Waals surface area contributed by atoms with Crippen LogP contribution in [-0.2, 0) is 22.6 Å². The SMILES string of the molecule is CNC(=O)[C@H](Cc1ccccc1)N(Cc1ccccc1Cl)C(=O)COc1ccccc1F. The van der Waals surface area contributed by atoms with E-state index in [0.717, 1.165) is 5.56 Å².